The van der Waals surface area contributed by atoms with Crippen LogP contribution in [0.2, 0.25) is 0 Å². The molecule has 3 atom stereocenters. The number of piperidine rings is 1. The summed E-state index contributed by atoms with van der Waals surface area (Å²) < 4.78 is 5.62. The number of carboxylic acids is 1. The van der Waals surface area contributed by atoms with E-state index in [2.05, 4.69) is 29.6 Å². The third-order valence-electron chi connectivity index (χ3n) is 7.15. The summed E-state index contributed by atoms with van der Waals surface area (Å²) in [4.78, 5) is 38.4. The summed E-state index contributed by atoms with van der Waals surface area (Å²) in [5.41, 5.74) is 4.64. The van der Waals surface area contributed by atoms with E-state index in [1.165, 1.54) is 11.1 Å². The summed E-state index contributed by atoms with van der Waals surface area (Å²) in [5, 5.41) is 12.1. The number of fused-ring (bicyclic) bond motifs is 3. The molecule has 0 aromatic heterocycles. The Balaban J connectivity index is 1.31. The van der Waals surface area contributed by atoms with Crippen LogP contribution in [0, 0.1) is 11.8 Å². The number of amides is 2. The molecule has 1 aliphatic carbocycles. The molecule has 1 fully saturated rings. The number of carboxylic acid groups (broad SMARTS) is 1. The van der Waals surface area contributed by atoms with Crippen molar-refractivity contribution in [1.82, 2.24) is 10.2 Å². The second kappa shape index (κ2) is 10.3. The molecule has 2 aliphatic rings. The lowest BCUT2D eigenvalue weighted by Crippen LogP contribution is -2.47. The molecular formula is C27H32N2O5. The number of hydrogen-bond acceptors (Lipinski definition) is 4. The van der Waals surface area contributed by atoms with Gasteiger partial charge in [0.05, 0.1) is 5.92 Å². The Kier molecular flexibility index (Phi) is 7.20. The summed E-state index contributed by atoms with van der Waals surface area (Å²) in [6, 6.07) is 16.0. The quantitative estimate of drug-likeness (QED) is 0.638. The minimum absolute atomic E-state index is 0.0168. The molecule has 7 heteroatoms. The van der Waals surface area contributed by atoms with Gasteiger partial charge in [0.25, 0.3) is 0 Å². The highest BCUT2D eigenvalue weighted by Gasteiger charge is 2.34. The number of alkyl carbamates (subject to hydrolysis) is 1. The zero-order valence-corrected chi connectivity index (χ0v) is 19.7. The van der Waals surface area contributed by atoms with Gasteiger partial charge < -0.3 is 20.1 Å². The van der Waals surface area contributed by atoms with Crippen molar-refractivity contribution in [3.63, 3.8) is 0 Å². The maximum Gasteiger partial charge on any atom is 0.407 e. The van der Waals surface area contributed by atoms with E-state index in [4.69, 9.17) is 4.74 Å². The normalized spacial score (nSPS) is 20.2. The van der Waals surface area contributed by atoms with Gasteiger partial charge in [0.1, 0.15) is 6.61 Å². The smallest absolute Gasteiger partial charge is 0.407 e. The zero-order chi connectivity index (χ0) is 24.2. The molecule has 2 aromatic rings. The van der Waals surface area contributed by atoms with Crippen LogP contribution in [0.1, 0.15) is 50.2 Å². The largest absolute Gasteiger partial charge is 0.481 e. The first-order valence-electron chi connectivity index (χ1n) is 12.0. The number of carbonyl (C=O) groups is 3. The Morgan fingerprint density at radius 3 is 2.26 bits per heavy atom. The lowest BCUT2D eigenvalue weighted by molar-refractivity contribution is -0.148. The number of aliphatic carboxylic acids is 1. The van der Waals surface area contributed by atoms with Crippen LogP contribution in [-0.4, -0.2) is 53.7 Å². The topological polar surface area (TPSA) is 95.9 Å². The Labute approximate surface area is 200 Å². The van der Waals surface area contributed by atoms with Crippen LogP contribution in [0.5, 0.6) is 0 Å². The average Bonchev–Trinajstić information content (AvgIpc) is 3.15. The van der Waals surface area contributed by atoms with Crippen LogP contribution in [0.25, 0.3) is 11.1 Å². The monoisotopic (exact) mass is 464 g/mol. The van der Waals surface area contributed by atoms with Crippen LogP contribution in [0.3, 0.4) is 0 Å². The van der Waals surface area contributed by atoms with E-state index in [1.807, 2.05) is 38.1 Å². The summed E-state index contributed by atoms with van der Waals surface area (Å²) in [5.74, 6) is -1.39. The number of hydrogen-bond donors (Lipinski definition) is 2. The van der Waals surface area contributed by atoms with Gasteiger partial charge in [-0.1, -0.05) is 62.4 Å². The van der Waals surface area contributed by atoms with Gasteiger partial charge in [0, 0.05) is 31.5 Å². The van der Waals surface area contributed by atoms with Gasteiger partial charge in [-0.25, -0.2) is 4.79 Å². The minimum atomic E-state index is -0.803. The predicted octanol–water partition coefficient (Wildman–Crippen LogP) is 4.26. The van der Waals surface area contributed by atoms with Crippen LogP contribution < -0.4 is 5.32 Å². The maximum absolute atomic E-state index is 12.8. The second-order valence-corrected chi connectivity index (χ2v) is 9.33. The van der Waals surface area contributed by atoms with Crippen LogP contribution in [0.4, 0.5) is 4.79 Å². The third kappa shape index (κ3) is 4.93. The molecule has 180 valence electrons. The molecule has 2 N–H and O–H groups in total. The van der Waals surface area contributed by atoms with Crippen LogP contribution in [-0.2, 0) is 14.3 Å². The number of benzene rings is 2. The first-order valence-corrected chi connectivity index (χ1v) is 12.0. The van der Waals surface area contributed by atoms with Crippen molar-refractivity contribution in [3.05, 3.63) is 59.7 Å². The first-order chi connectivity index (χ1) is 16.4. The predicted molar refractivity (Wildman–Crippen MR) is 128 cm³/mol. The number of carbonyl (C=O) groups excluding carboxylic acids is 2. The summed E-state index contributed by atoms with van der Waals surface area (Å²) in [7, 11) is 0. The van der Waals surface area contributed by atoms with E-state index < -0.39 is 18.0 Å². The molecule has 0 radical (unpaired) electrons. The van der Waals surface area contributed by atoms with Gasteiger partial charge in [0.2, 0.25) is 5.91 Å². The number of nitrogens with zero attached hydrogens (tertiary/aromatic N) is 1. The van der Waals surface area contributed by atoms with Gasteiger partial charge in [-0.3, -0.25) is 9.59 Å². The zero-order valence-electron chi connectivity index (χ0n) is 19.7. The fraction of sp³-hybridized carbons (Fsp3) is 0.444. The molecule has 2 aromatic carbocycles. The molecular weight excluding hydrogens is 432 g/mol. The molecule has 34 heavy (non-hydrogen) atoms. The Morgan fingerprint density at radius 2 is 1.71 bits per heavy atom. The molecule has 0 saturated carbocycles. The van der Waals surface area contributed by atoms with E-state index >= 15 is 0 Å². The molecule has 1 saturated heterocycles. The van der Waals surface area contributed by atoms with Gasteiger partial charge in [0.15, 0.2) is 0 Å². The summed E-state index contributed by atoms with van der Waals surface area (Å²) >= 11 is 0. The lowest BCUT2D eigenvalue weighted by atomic mass is 9.87. The van der Waals surface area contributed by atoms with E-state index in [9.17, 15) is 19.5 Å². The Hall–Kier alpha value is -3.35. The molecule has 4 rings (SSSR count). The highest BCUT2D eigenvalue weighted by Crippen LogP contribution is 2.44. The van der Waals surface area contributed by atoms with Gasteiger partial charge in [-0.2, -0.15) is 0 Å². The fourth-order valence-corrected chi connectivity index (χ4v) is 5.18. The standard InChI is InChI=1S/C27H32N2O5/c1-3-18(14-25(30)29-13-12-19(26(31)32)17(2)15-29)28-27(33)34-16-24-22-10-6-4-8-20(22)21-9-5-7-11-23(21)24/h4-11,17-19,24H,3,12-16H2,1-2H3,(H,28,33)(H,31,32). The van der Waals surface area contributed by atoms with Gasteiger partial charge >= 0.3 is 12.1 Å². The van der Waals surface area contributed by atoms with Crippen molar-refractivity contribution in [2.45, 2.75) is 45.1 Å². The molecule has 0 spiro atoms. The molecule has 0 bridgehead atoms. The molecule has 2 amide bonds. The molecule has 7 nitrogen and oxygen atoms in total. The maximum atomic E-state index is 12.8. The highest BCUT2D eigenvalue weighted by atomic mass is 16.5. The Bertz CT molecular complexity index is 1020. The minimum Gasteiger partial charge on any atom is -0.481 e. The van der Waals surface area contributed by atoms with E-state index in [1.54, 1.807) is 4.90 Å². The number of nitrogens with one attached hydrogen (secondary N) is 1. The van der Waals surface area contributed by atoms with Gasteiger partial charge in [-0.05, 0) is 41.0 Å². The molecule has 1 aliphatic heterocycles. The van der Waals surface area contributed by atoms with Gasteiger partial charge in [-0.15, -0.1) is 0 Å². The fourth-order valence-electron chi connectivity index (χ4n) is 5.18. The second-order valence-electron chi connectivity index (χ2n) is 9.33. The SMILES string of the molecule is CCC(CC(=O)N1CCC(C(=O)O)C(C)C1)NC(=O)OCC1c2ccccc2-c2ccccc21. The lowest BCUT2D eigenvalue weighted by Gasteiger charge is -2.35. The van der Waals surface area contributed by atoms with E-state index in [0.29, 0.717) is 25.9 Å². The van der Waals surface area contributed by atoms with Crippen molar-refractivity contribution in [1.29, 1.82) is 0 Å². The van der Waals surface area contributed by atoms with Crippen molar-refractivity contribution in [2.24, 2.45) is 11.8 Å². The third-order valence-corrected chi connectivity index (χ3v) is 7.15. The highest BCUT2D eigenvalue weighted by molar-refractivity contribution is 5.80. The summed E-state index contributed by atoms with van der Waals surface area (Å²) in [6.07, 6.45) is 0.695. The van der Waals surface area contributed by atoms with Crippen molar-refractivity contribution >= 4 is 18.0 Å². The van der Waals surface area contributed by atoms with E-state index in [-0.39, 0.29) is 36.8 Å². The first kappa shape index (κ1) is 23.8. The molecule has 1 heterocycles. The van der Waals surface area contributed by atoms with Crippen LogP contribution >= 0.6 is 0 Å². The van der Waals surface area contributed by atoms with Crippen LogP contribution in [0.15, 0.2) is 48.5 Å². The number of rotatable bonds is 7. The number of ether oxygens (including phenoxy) is 1. The van der Waals surface area contributed by atoms with Crippen molar-refractivity contribution in [3.8, 4) is 11.1 Å². The summed E-state index contributed by atoms with van der Waals surface area (Å²) in [6.45, 7) is 4.87. The van der Waals surface area contributed by atoms with E-state index in [0.717, 1.165) is 11.1 Å². The van der Waals surface area contributed by atoms with Crippen molar-refractivity contribution < 1.29 is 24.2 Å². The molecule has 3 unspecified atom stereocenters. The number of likely N-dealkylation sites (tertiary alicyclic amines) is 1. The average molecular weight is 465 g/mol. The van der Waals surface area contributed by atoms with Crippen molar-refractivity contribution in [2.75, 3.05) is 19.7 Å². The Morgan fingerprint density at radius 1 is 1.09 bits per heavy atom.